The van der Waals surface area contributed by atoms with Crippen LogP contribution in [-0.2, 0) is 26.9 Å². The molecule has 8 heteroatoms. The van der Waals surface area contributed by atoms with Crippen molar-refractivity contribution in [2.24, 2.45) is 0 Å². The van der Waals surface area contributed by atoms with Crippen LogP contribution >= 0.6 is 7.82 Å². The molecular formula is H9AlBNbO4P. The smallest absolute Gasteiger partial charge is 0.303 e. The van der Waals surface area contributed by atoms with Gasteiger partial charge in [0, 0.05) is 22.4 Å². The normalized spacial score (nSPS) is 7.38. The molecule has 0 aromatic rings. The van der Waals surface area contributed by atoms with Crippen LogP contribution in [-0.4, -0.2) is 40.5 Å². The molecule has 0 fully saturated rings. The molecule has 0 saturated heterocycles. The largest absolute Gasteiger partial charge is 0.466 e. The van der Waals surface area contributed by atoms with Gasteiger partial charge < -0.3 is 14.7 Å². The van der Waals surface area contributed by atoms with E-state index in [1.165, 1.54) is 0 Å². The predicted molar refractivity (Wildman–Crippen MR) is 34.1 cm³/mol. The standard InChI is InChI=1S/Al.BH3.Nb.H3O4P.3H/c;;;1-5(2,3)4;;;/h;1H3;;(H3,1,2,3,4);;;. The van der Waals surface area contributed by atoms with E-state index in [4.69, 9.17) is 19.2 Å². The van der Waals surface area contributed by atoms with Crippen LogP contribution in [0.1, 0.15) is 0 Å². The van der Waals surface area contributed by atoms with Gasteiger partial charge in [-0.3, -0.25) is 0 Å². The summed E-state index contributed by atoms with van der Waals surface area (Å²) in [6.45, 7) is 0. The van der Waals surface area contributed by atoms with E-state index in [0.29, 0.717) is 0 Å². The molecule has 0 aliphatic rings. The molecule has 0 saturated carbocycles. The first kappa shape index (κ1) is 22.7. The van der Waals surface area contributed by atoms with Crippen molar-refractivity contribution in [3.8, 4) is 0 Å². The van der Waals surface area contributed by atoms with Crippen molar-refractivity contribution in [2.75, 3.05) is 0 Å². The van der Waals surface area contributed by atoms with Gasteiger partial charge >= 0.3 is 7.82 Å². The third kappa shape index (κ3) is 148. The van der Waals surface area contributed by atoms with Gasteiger partial charge in [-0.2, -0.15) is 0 Å². The minimum absolute atomic E-state index is 0. The average molecular weight is 235 g/mol. The second-order valence-electron chi connectivity index (χ2n) is 0.513. The summed E-state index contributed by atoms with van der Waals surface area (Å²) in [4.78, 5) is 21.6. The van der Waals surface area contributed by atoms with Crippen molar-refractivity contribution in [3.63, 3.8) is 0 Å². The zero-order valence-corrected chi connectivity index (χ0v) is 5.74. The van der Waals surface area contributed by atoms with Crippen LogP contribution in [0.2, 0.25) is 0 Å². The molecule has 49 valence electrons. The van der Waals surface area contributed by atoms with Gasteiger partial charge in [0.05, 0.1) is 8.41 Å². The van der Waals surface area contributed by atoms with Crippen LogP contribution in [0, 0.1) is 0 Å². The minimum Gasteiger partial charge on any atom is -0.303 e. The number of hydrogen-bond acceptors (Lipinski definition) is 1. The predicted octanol–water partition coefficient (Wildman–Crippen LogP) is -3.30. The van der Waals surface area contributed by atoms with Crippen molar-refractivity contribution in [1.82, 2.24) is 0 Å². The Labute approximate surface area is 75.1 Å². The van der Waals surface area contributed by atoms with Gasteiger partial charge in [-0.25, -0.2) is 4.57 Å². The van der Waals surface area contributed by atoms with Gasteiger partial charge in [0.25, 0.3) is 0 Å². The molecule has 0 heterocycles. The first-order valence-electron chi connectivity index (χ1n) is 0.783. The van der Waals surface area contributed by atoms with Gasteiger partial charge in [0.15, 0.2) is 17.4 Å². The van der Waals surface area contributed by atoms with Gasteiger partial charge in [0.2, 0.25) is 0 Å². The Morgan fingerprint density at radius 2 is 1.12 bits per heavy atom. The molecule has 0 unspecified atom stereocenters. The summed E-state index contributed by atoms with van der Waals surface area (Å²) >= 11 is 0. The van der Waals surface area contributed by atoms with Crippen LogP contribution < -0.4 is 0 Å². The van der Waals surface area contributed by atoms with Crippen molar-refractivity contribution < 1.29 is 41.6 Å². The van der Waals surface area contributed by atoms with E-state index < -0.39 is 7.82 Å². The van der Waals surface area contributed by atoms with Crippen molar-refractivity contribution in [1.29, 1.82) is 0 Å². The van der Waals surface area contributed by atoms with E-state index in [0.717, 1.165) is 0 Å². The molecule has 0 amide bonds. The van der Waals surface area contributed by atoms with Crippen LogP contribution in [0.3, 0.4) is 0 Å². The number of phosphoric acid groups is 1. The maximum absolute atomic E-state index is 8.88. The molecule has 0 atom stereocenters. The topological polar surface area (TPSA) is 77.8 Å². The van der Waals surface area contributed by atoms with Crippen molar-refractivity contribution in [2.45, 2.75) is 0 Å². The summed E-state index contributed by atoms with van der Waals surface area (Å²) in [6.07, 6.45) is 0. The Bertz CT molecular complexity index is 62.2. The van der Waals surface area contributed by atoms with Crippen molar-refractivity contribution >= 4 is 33.6 Å². The van der Waals surface area contributed by atoms with E-state index in [9.17, 15) is 0 Å². The van der Waals surface area contributed by atoms with Crippen LogP contribution in [0.15, 0.2) is 0 Å². The number of hydrogen-bond donors (Lipinski definition) is 3. The second-order valence-corrected chi connectivity index (χ2v) is 1.54. The molecule has 8 heavy (non-hydrogen) atoms. The fourth-order valence-corrected chi connectivity index (χ4v) is 0. The SMILES string of the molecule is B.O=P(O)(O)O.[AlH3].[Nb]. The molecule has 0 aromatic carbocycles. The third-order valence-corrected chi connectivity index (χ3v) is 0. The molecule has 3 N–H and O–H groups in total. The maximum Gasteiger partial charge on any atom is 0.466 e. The first-order valence-corrected chi connectivity index (χ1v) is 2.35. The summed E-state index contributed by atoms with van der Waals surface area (Å²) in [7, 11) is -4.64. The van der Waals surface area contributed by atoms with E-state index in [-0.39, 0.29) is 48.2 Å². The van der Waals surface area contributed by atoms with Crippen molar-refractivity contribution in [3.05, 3.63) is 0 Å². The van der Waals surface area contributed by atoms with E-state index in [1.54, 1.807) is 0 Å². The molecule has 0 aromatic heterocycles. The molecule has 0 spiro atoms. The fraction of sp³-hybridized carbons (Fsp3) is 0. The zero-order valence-electron chi connectivity index (χ0n) is 2.64. The first-order chi connectivity index (χ1) is 2.00. The molecule has 0 bridgehead atoms. The monoisotopic (exact) mass is 235 g/mol. The summed E-state index contributed by atoms with van der Waals surface area (Å²) in [5.74, 6) is 0. The van der Waals surface area contributed by atoms with Gasteiger partial charge in [-0.15, -0.1) is 0 Å². The Balaban J connectivity index is -0.0000000267. The Hall–Kier alpha value is 1.45. The number of rotatable bonds is 0. The van der Waals surface area contributed by atoms with Gasteiger partial charge in [-0.1, -0.05) is 0 Å². The maximum atomic E-state index is 8.88. The zero-order chi connectivity index (χ0) is 4.50. The van der Waals surface area contributed by atoms with Gasteiger partial charge in [0.1, 0.15) is 0 Å². The van der Waals surface area contributed by atoms with Crippen LogP contribution in [0.25, 0.3) is 0 Å². The third-order valence-electron chi connectivity index (χ3n) is 0. The van der Waals surface area contributed by atoms with E-state index in [2.05, 4.69) is 0 Å². The molecule has 0 aliphatic heterocycles. The molecule has 0 aliphatic carbocycles. The Morgan fingerprint density at radius 3 is 1.12 bits per heavy atom. The van der Waals surface area contributed by atoms with Gasteiger partial charge in [-0.05, 0) is 0 Å². The van der Waals surface area contributed by atoms with E-state index in [1.807, 2.05) is 0 Å². The quantitative estimate of drug-likeness (QED) is 0.303. The molecule has 1 radical (unpaired) electrons. The Morgan fingerprint density at radius 1 is 1.12 bits per heavy atom. The van der Waals surface area contributed by atoms with Crippen LogP contribution in [0.5, 0.6) is 0 Å². The summed E-state index contributed by atoms with van der Waals surface area (Å²) in [5.41, 5.74) is 0. The minimum atomic E-state index is -4.64. The second kappa shape index (κ2) is 8.45. The molecule has 4 nitrogen and oxygen atoms in total. The molecular weight excluding hydrogens is 226 g/mol. The molecule has 0 rings (SSSR count). The Kier molecular flexibility index (Phi) is 24.0. The summed E-state index contributed by atoms with van der Waals surface area (Å²) in [6, 6.07) is 0. The van der Waals surface area contributed by atoms with E-state index >= 15 is 0 Å². The summed E-state index contributed by atoms with van der Waals surface area (Å²) < 4.78 is 8.88. The fourth-order valence-electron chi connectivity index (χ4n) is 0. The average Bonchev–Trinajstić information content (AvgIpc) is 0.722. The van der Waals surface area contributed by atoms with Crippen LogP contribution in [0.4, 0.5) is 0 Å². The summed E-state index contributed by atoms with van der Waals surface area (Å²) in [5, 5.41) is 0.